The molecule has 0 bridgehead atoms. The number of nitrogens with zero attached hydrogens (tertiary/aromatic N) is 4. The fourth-order valence-electron chi connectivity index (χ4n) is 3.03. The van der Waals surface area contributed by atoms with Gasteiger partial charge in [0.05, 0.1) is 22.4 Å². The lowest BCUT2D eigenvalue weighted by atomic mass is 10.0. The number of hydrogen-bond donors (Lipinski definition) is 2. The lowest BCUT2D eigenvalue weighted by Gasteiger charge is -2.07. The van der Waals surface area contributed by atoms with Crippen molar-refractivity contribution in [3.63, 3.8) is 0 Å². The van der Waals surface area contributed by atoms with Gasteiger partial charge in [0.1, 0.15) is 5.71 Å². The van der Waals surface area contributed by atoms with Gasteiger partial charge in [0, 0.05) is 23.3 Å². The number of benzene rings is 2. The highest BCUT2D eigenvalue weighted by Crippen LogP contribution is 2.29. The summed E-state index contributed by atoms with van der Waals surface area (Å²) >= 11 is 6.38. The van der Waals surface area contributed by atoms with Crippen LogP contribution < -0.4 is 5.43 Å². The van der Waals surface area contributed by atoms with Crippen LogP contribution in [0.1, 0.15) is 16.0 Å². The maximum Gasteiger partial charge on any atom is 0.270 e. The van der Waals surface area contributed by atoms with Crippen LogP contribution in [0.4, 0.5) is 5.69 Å². The van der Waals surface area contributed by atoms with Crippen LogP contribution in [0.3, 0.4) is 0 Å². The van der Waals surface area contributed by atoms with Gasteiger partial charge in [-0.05, 0) is 23.9 Å². The van der Waals surface area contributed by atoms with E-state index in [0.717, 1.165) is 21.6 Å². The monoisotopic (exact) mass is 465 g/mol. The molecule has 0 radical (unpaired) electrons. The zero-order valence-electron chi connectivity index (χ0n) is 16.3. The Labute approximate surface area is 190 Å². The molecule has 2 aromatic carbocycles. The third-order valence-corrected chi connectivity index (χ3v) is 5.81. The summed E-state index contributed by atoms with van der Waals surface area (Å²) in [6.07, 6.45) is 3.23. The minimum absolute atomic E-state index is 0.0674. The molecule has 4 rings (SSSR count). The summed E-state index contributed by atoms with van der Waals surface area (Å²) in [7, 11) is 0. The number of nitro benzene ring substituents is 1. The molecule has 0 spiro atoms. The first-order valence-corrected chi connectivity index (χ1v) is 10.5. The van der Waals surface area contributed by atoms with Crippen molar-refractivity contribution in [1.29, 1.82) is 0 Å². The van der Waals surface area contributed by atoms with Crippen LogP contribution >= 0.6 is 23.6 Å². The number of thiazole rings is 1. The number of aromatic hydroxyl groups is 1. The van der Waals surface area contributed by atoms with Crippen LogP contribution in [0.5, 0.6) is 5.88 Å². The van der Waals surface area contributed by atoms with Crippen molar-refractivity contribution in [3.8, 4) is 5.88 Å². The maximum absolute atomic E-state index is 12.4. The predicted molar refractivity (Wildman–Crippen MR) is 125 cm³/mol. The third-order valence-electron chi connectivity index (χ3n) is 4.50. The highest BCUT2D eigenvalue weighted by atomic mass is 32.1. The molecule has 0 saturated carbocycles. The van der Waals surface area contributed by atoms with E-state index >= 15 is 0 Å². The fraction of sp³-hybridized carbons (Fsp3) is 0.0476. The molecule has 0 fully saturated rings. The molecule has 0 unspecified atom stereocenters. The van der Waals surface area contributed by atoms with Crippen molar-refractivity contribution >= 4 is 53.2 Å². The van der Waals surface area contributed by atoms with Crippen LogP contribution in [-0.4, -0.2) is 32.5 Å². The minimum Gasteiger partial charge on any atom is -0.492 e. The normalized spacial score (nSPS) is 13.9. The Hall–Kier alpha value is -3.96. The second kappa shape index (κ2) is 9.04. The second-order valence-electron chi connectivity index (χ2n) is 6.69. The van der Waals surface area contributed by atoms with Crippen LogP contribution in [0.25, 0.3) is 6.08 Å². The maximum atomic E-state index is 12.4. The summed E-state index contributed by atoms with van der Waals surface area (Å²) in [5.41, 5.74) is 4.84. The van der Waals surface area contributed by atoms with Crippen molar-refractivity contribution < 1.29 is 14.8 Å². The molecule has 1 amide bonds. The summed E-state index contributed by atoms with van der Waals surface area (Å²) in [6.45, 7) is 0. The van der Waals surface area contributed by atoms with Gasteiger partial charge in [-0.1, -0.05) is 53.8 Å². The molecule has 2 heterocycles. The Morgan fingerprint density at radius 2 is 2.03 bits per heavy atom. The first-order valence-electron chi connectivity index (χ1n) is 9.29. The van der Waals surface area contributed by atoms with Gasteiger partial charge >= 0.3 is 0 Å². The van der Waals surface area contributed by atoms with Crippen molar-refractivity contribution in [2.45, 2.75) is 6.42 Å². The topological polar surface area (TPSA) is 122 Å². The number of amides is 1. The minimum atomic E-state index is -0.487. The largest absolute Gasteiger partial charge is 0.492 e. The number of rotatable bonds is 6. The standard InChI is InChI=1S/C21H15N5O4S2/c27-18(9-13-5-2-1-3-6-13)24-25-20(28)17(32-21(25)31)11-15-12-22-23-19(15)14-7-4-8-16(10-14)26(29)30/h1-8,10-12,28H,9H2,(H,24,27). The average molecular weight is 466 g/mol. The van der Waals surface area contributed by atoms with E-state index in [4.69, 9.17) is 12.2 Å². The second-order valence-corrected chi connectivity index (χ2v) is 8.36. The molecule has 0 saturated heterocycles. The van der Waals surface area contributed by atoms with E-state index in [2.05, 4.69) is 15.6 Å². The highest BCUT2D eigenvalue weighted by molar-refractivity contribution is 7.73. The molecule has 3 aromatic rings. The van der Waals surface area contributed by atoms with Gasteiger partial charge in [-0.15, -0.1) is 5.10 Å². The van der Waals surface area contributed by atoms with Gasteiger partial charge in [-0.2, -0.15) is 9.78 Å². The van der Waals surface area contributed by atoms with Gasteiger partial charge < -0.3 is 5.11 Å². The number of nitro groups is 1. The molecule has 1 aromatic heterocycles. The van der Waals surface area contributed by atoms with Gasteiger partial charge in [0.2, 0.25) is 11.8 Å². The van der Waals surface area contributed by atoms with Crippen LogP contribution in [0, 0.1) is 14.1 Å². The van der Waals surface area contributed by atoms with Crippen molar-refractivity contribution in [3.05, 3.63) is 90.2 Å². The van der Waals surface area contributed by atoms with E-state index in [9.17, 15) is 20.0 Å². The van der Waals surface area contributed by atoms with Gasteiger partial charge in [-0.3, -0.25) is 20.3 Å². The molecule has 0 aliphatic carbocycles. The predicted octanol–water partition coefficient (Wildman–Crippen LogP) is 4.08. The lowest BCUT2D eigenvalue weighted by molar-refractivity contribution is -0.384. The number of carbonyl (C=O) groups excluding carboxylic acids is 1. The van der Waals surface area contributed by atoms with Gasteiger partial charge in [0.25, 0.3) is 5.69 Å². The Kier molecular flexibility index (Phi) is 6.01. The number of hydrogen-bond acceptors (Lipinski definition) is 8. The number of nitrogens with one attached hydrogen (secondary N) is 1. The Morgan fingerprint density at radius 1 is 1.25 bits per heavy atom. The van der Waals surface area contributed by atoms with Crippen LogP contribution in [-0.2, 0) is 11.2 Å². The van der Waals surface area contributed by atoms with E-state index in [-0.39, 0.29) is 27.8 Å². The van der Waals surface area contributed by atoms with Crippen LogP contribution in [0.15, 0.2) is 70.4 Å². The smallest absolute Gasteiger partial charge is 0.270 e. The molecule has 160 valence electrons. The fourth-order valence-corrected chi connectivity index (χ4v) is 4.21. The molecule has 2 N–H and O–H groups in total. The highest BCUT2D eigenvalue weighted by Gasteiger charge is 2.19. The van der Waals surface area contributed by atoms with Crippen molar-refractivity contribution in [1.82, 2.24) is 4.68 Å². The molecule has 11 heteroatoms. The average Bonchev–Trinajstić information content (AvgIpc) is 3.34. The Morgan fingerprint density at radius 3 is 2.78 bits per heavy atom. The molecular formula is C21H15N5O4S2. The molecule has 0 atom stereocenters. The molecular weight excluding hydrogens is 450 g/mol. The summed E-state index contributed by atoms with van der Waals surface area (Å²) in [4.78, 5) is 23.3. The number of carbonyl (C=O) groups is 1. The van der Waals surface area contributed by atoms with E-state index in [1.165, 1.54) is 18.3 Å². The number of non-ortho nitro benzene ring substituents is 1. The molecule has 1 aliphatic heterocycles. The van der Waals surface area contributed by atoms with Gasteiger partial charge in [0.15, 0.2) is 3.95 Å². The molecule has 32 heavy (non-hydrogen) atoms. The lowest BCUT2D eigenvalue weighted by Crippen LogP contribution is -2.24. The van der Waals surface area contributed by atoms with Crippen LogP contribution in [0.2, 0.25) is 0 Å². The van der Waals surface area contributed by atoms with E-state index in [1.807, 2.05) is 30.3 Å². The first-order chi connectivity index (χ1) is 15.4. The summed E-state index contributed by atoms with van der Waals surface area (Å²) in [5.74, 6) is -0.562. The van der Waals surface area contributed by atoms with Crippen molar-refractivity contribution in [2.75, 3.05) is 5.43 Å². The molecule has 1 aliphatic rings. The van der Waals surface area contributed by atoms with E-state index in [1.54, 1.807) is 18.2 Å². The zero-order valence-corrected chi connectivity index (χ0v) is 18.0. The third kappa shape index (κ3) is 4.53. The Bertz CT molecular complexity index is 1360. The summed E-state index contributed by atoms with van der Waals surface area (Å²) < 4.78 is 1.40. The van der Waals surface area contributed by atoms with Crippen molar-refractivity contribution in [2.24, 2.45) is 10.2 Å². The quantitative estimate of drug-likeness (QED) is 0.323. The first kappa shape index (κ1) is 21.3. The number of aromatic nitrogens is 1. The van der Waals surface area contributed by atoms with E-state index < -0.39 is 4.92 Å². The number of allylic oxidation sites excluding steroid dienone is 1. The molecule has 9 nitrogen and oxygen atoms in total. The van der Waals surface area contributed by atoms with Gasteiger partial charge in [-0.25, -0.2) is 0 Å². The van der Waals surface area contributed by atoms with E-state index in [0.29, 0.717) is 21.7 Å². The Balaban J connectivity index is 1.58. The SMILES string of the molecule is O=C(Cc1ccccc1)Nn1c(O)c(C=C2C=NN=C2c2cccc([N+](=O)[O-])c2)sc1=S. The summed E-state index contributed by atoms with van der Waals surface area (Å²) in [5, 5.41) is 29.6. The zero-order chi connectivity index (χ0) is 22.7. The summed E-state index contributed by atoms with van der Waals surface area (Å²) in [6, 6.07) is 15.2.